The second kappa shape index (κ2) is 8.42. The van der Waals surface area contributed by atoms with E-state index in [1.165, 1.54) is 24.3 Å². The molecule has 0 spiro atoms. The van der Waals surface area contributed by atoms with Crippen molar-refractivity contribution in [3.63, 3.8) is 0 Å². The monoisotopic (exact) mass is 439 g/mol. The summed E-state index contributed by atoms with van der Waals surface area (Å²) in [6, 6.07) is 5.61. The number of sulfonamides is 1. The van der Waals surface area contributed by atoms with Gasteiger partial charge in [-0.25, -0.2) is 17.8 Å². The largest absolute Gasteiger partial charge is 0.491 e. The maximum absolute atomic E-state index is 12.8. The molecule has 0 amide bonds. The lowest BCUT2D eigenvalue weighted by Gasteiger charge is -2.17. The molecule has 10 nitrogen and oxygen atoms in total. The van der Waals surface area contributed by atoms with E-state index >= 15 is 0 Å². The molecule has 1 atom stereocenters. The third-order valence-corrected chi connectivity index (χ3v) is 6.49. The molecule has 1 fully saturated rings. The first kappa shape index (κ1) is 21.8. The number of nitrogens with zero attached hydrogens (tertiary/aromatic N) is 2. The van der Waals surface area contributed by atoms with Gasteiger partial charge in [0.05, 0.1) is 18.0 Å². The van der Waals surface area contributed by atoms with Crippen molar-refractivity contribution in [1.82, 2.24) is 9.13 Å². The van der Waals surface area contributed by atoms with Gasteiger partial charge in [0.25, 0.3) is 11.8 Å². The van der Waals surface area contributed by atoms with Gasteiger partial charge in [0, 0.05) is 6.04 Å². The van der Waals surface area contributed by atoms with E-state index in [1.54, 1.807) is 13.8 Å². The predicted molar refractivity (Wildman–Crippen MR) is 110 cm³/mol. The van der Waals surface area contributed by atoms with Gasteiger partial charge in [-0.2, -0.15) is 0 Å². The Kier molecular flexibility index (Phi) is 6.11. The van der Waals surface area contributed by atoms with Gasteiger partial charge >= 0.3 is 11.7 Å². The molecule has 11 heteroatoms. The van der Waals surface area contributed by atoms with E-state index in [9.17, 15) is 28.2 Å². The van der Waals surface area contributed by atoms with Crippen LogP contribution in [0.5, 0.6) is 11.8 Å². The van der Waals surface area contributed by atoms with Crippen molar-refractivity contribution in [1.29, 1.82) is 0 Å². The lowest BCUT2D eigenvalue weighted by molar-refractivity contribution is -0.142. The Morgan fingerprint density at radius 2 is 1.97 bits per heavy atom. The van der Waals surface area contributed by atoms with Gasteiger partial charge in [0.15, 0.2) is 5.25 Å². The minimum absolute atomic E-state index is 0.0632. The Morgan fingerprint density at radius 1 is 1.27 bits per heavy atom. The molecule has 0 saturated heterocycles. The highest BCUT2D eigenvalue weighted by Crippen LogP contribution is 2.40. The number of carbonyl (C=O) groups excluding carboxylic acids is 1. The van der Waals surface area contributed by atoms with Crippen LogP contribution < -0.4 is 10.4 Å². The first-order chi connectivity index (χ1) is 14.2. The Bertz CT molecular complexity index is 1100. The Hall–Kier alpha value is -2.95. The van der Waals surface area contributed by atoms with E-state index in [2.05, 4.69) is 4.72 Å². The Balaban J connectivity index is 1.94. The summed E-state index contributed by atoms with van der Waals surface area (Å²) in [5.41, 5.74) is -0.360. The van der Waals surface area contributed by atoms with Crippen molar-refractivity contribution in [2.45, 2.75) is 50.8 Å². The summed E-state index contributed by atoms with van der Waals surface area (Å²) in [5, 5.41) is 19.0. The highest BCUT2D eigenvalue weighted by molar-refractivity contribution is 7.94. The fourth-order valence-corrected chi connectivity index (χ4v) is 4.70. The third-order valence-electron chi connectivity index (χ3n) is 4.79. The number of imidazole rings is 1. The lowest BCUT2D eigenvalue weighted by atomic mass is 10.2. The molecule has 1 saturated carbocycles. The highest BCUT2D eigenvalue weighted by atomic mass is 32.2. The van der Waals surface area contributed by atoms with Gasteiger partial charge in [-0.1, -0.05) is 19.4 Å². The first-order valence-electron chi connectivity index (χ1n) is 9.75. The van der Waals surface area contributed by atoms with Crippen LogP contribution in [-0.2, 0) is 19.6 Å². The van der Waals surface area contributed by atoms with Gasteiger partial charge in [-0.3, -0.25) is 14.1 Å². The molecule has 0 aliphatic heterocycles. The molecule has 1 heterocycles. The zero-order valence-corrected chi connectivity index (χ0v) is 17.6. The fourth-order valence-electron chi connectivity index (χ4n) is 3.23. The van der Waals surface area contributed by atoms with Crippen molar-refractivity contribution in [3.8, 4) is 17.4 Å². The number of aromatic nitrogens is 2. The number of esters is 1. The molecule has 164 valence electrons. The van der Waals surface area contributed by atoms with Gasteiger partial charge in [-0.15, -0.1) is 0 Å². The summed E-state index contributed by atoms with van der Waals surface area (Å²) in [7, 11) is -4.11. The van der Waals surface area contributed by atoms with Gasteiger partial charge in [0.1, 0.15) is 0 Å². The van der Waals surface area contributed by atoms with Crippen LogP contribution >= 0.6 is 0 Å². The van der Waals surface area contributed by atoms with Crippen LogP contribution in [-0.4, -0.2) is 45.6 Å². The SMILES string of the molecule is CCCC(C(=O)OCC)S(=O)(=O)Nc1cccc(-n2c(O)c(O)n(C3CC3)c2=O)c1. The number of anilines is 1. The lowest BCUT2D eigenvalue weighted by Crippen LogP contribution is -2.36. The van der Waals surface area contributed by atoms with Crippen LogP contribution in [0.2, 0.25) is 0 Å². The smallest absolute Gasteiger partial charge is 0.338 e. The Labute approximate surface area is 173 Å². The van der Waals surface area contributed by atoms with Gasteiger partial charge in [0.2, 0.25) is 10.0 Å². The number of ether oxygens (including phenoxy) is 1. The fraction of sp³-hybridized carbons (Fsp3) is 0.474. The number of carbonyl (C=O) groups is 1. The average Bonchev–Trinajstić information content (AvgIpc) is 3.47. The van der Waals surface area contributed by atoms with E-state index in [0.717, 1.165) is 22.0 Å². The molecule has 1 aromatic heterocycles. The summed E-state index contributed by atoms with van der Waals surface area (Å²) < 4.78 is 34.8. The van der Waals surface area contributed by atoms with Crippen LogP contribution in [0.3, 0.4) is 0 Å². The molecular formula is C19H25N3O7S. The minimum atomic E-state index is -4.11. The topological polar surface area (TPSA) is 140 Å². The number of hydrogen-bond acceptors (Lipinski definition) is 7. The molecule has 1 aliphatic carbocycles. The molecule has 0 radical (unpaired) electrons. The number of benzene rings is 1. The van der Waals surface area contributed by atoms with Crippen LogP contribution in [0.1, 0.15) is 45.6 Å². The summed E-state index contributed by atoms with van der Waals surface area (Å²) >= 11 is 0. The van der Waals surface area contributed by atoms with E-state index in [1.807, 2.05) is 0 Å². The predicted octanol–water partition coefficient (Wildman–Crippen LogP) is 1.86. The summed E-state index contributed by atoms with van der Waals surface area (Å²) in [4.78, 5) is 24.8. The number of hydrogen-bond donors (Lipinski definition) is 3. The van der Waals surface area contributed by atoms with E-state index in [-0.39, 0.29) is 30.4 Å². The molecule has 1 unspecified atom stereocenters. The molecule has 1 aromatic carbocycles. The second-order valence-corrected chi connectivity index (χ2v) is 8.96. The zero-order chi connectivity index (χ0) is 22.1. The van der Waals surface area contributed by atoms with E-state index < -0.39 is 38.7 Å². The standard InChI is InChI=1S/C19H25N3O7S/c1-3-6-15(18(25)29-4-2)30(27,28)20-12-7-5-8-14(11-12)22-17(24)16(23)21(19(22)26)13-9-10-13/h5,7-8,11,13,15,20,23-24H,3-4,6,9-10H2,1-2H3. The highest BCUT2D eigenvalue weighted by Gasteiger charge is 2.34. The normalized spacial score (nSPS) is 15.0. The summed E-state index contributed by atoms with van der Waals surface area (Å²) in [5.74, 6) is -1.98. The average molecular weight is 439 g/mol. The Morgan fingerprint density at radius 3 is 2.57 bits per heavy atom. The summed E-state index contributed by atoms with van der Waals surface area (Å²) in [6.45, 7) is 3.42. The van der Waals surface area contributed by atoms with Gasteiger partial charge < -0.3 is 14.9 Å². The number of nitrogens with one attached hydrogen (secondary N) is 1. The molecule has 0 bridgehead atoms. The van der Waals surface area contributed by atoms with E-state index in [4.69, 9.17) is 4.74 Å². The van der Waals surface area contributed by atoms with Crippen LogP contribution in [0.4, 0.5) is 5.69 Å². The number of rotatable bonds is 9. The van der Waals surface area contributed by atoms with Crippen LogP contribution in [0.15, 0.2) is 29.1 Å². The molecular weight excluding hydrogens is 414 g/mol. The van der Waals surface area contributed by atoms with Crippen molar-refractivity contribution in [2.75, 3.05) is 11.3 Å². The molecule has 30 heavy (non-hydrogen) atoms. The zero-order valence-electron chi connectivity index (χ0n) is 16.7. The molecule has 1 aliphatic rings. The van der Waals surface area contributed by atoms with Crippen LogP contribution in [0.25, 0.3) is 5.69 Å². The van der Waals surface area contributed by atoms with Gasteiger partial charge in [-0.05, 0) is 44.4 Å². The second-order valence-electron chi connectivity index (χ2n) is 7.09. The molecule has 2 aromatic rings. The van der Waals surface area contributed by atoms with E-state index in [0.29, 0.717) is 6.42 Å². The molecule has 3 rings (SSSR count). The third kappa shape index (κ3) is 4.16. The maximum atomic E-state index is 12.8. The van der Waals surface area contributed by atoms with Crippen molar-refractivity contribution in [2.24, 2.45) is 0 Å². The maximum Gasteiger partial charge on any atom is 0.338 e. The van der Waals surface area contributed by atoms with Crippen molar-refractivity contribution < 1.29 is 28.2 Å². The van der Waals surface area contributed by atoms with Crippen LogP contribution in [0, 0.1) is 0 Å². The van der Waals surface area contributed by atoms with Crippen molar-refractivity contribution in [3.05, 3.63) is 34.7 Å². The quantitative estimate of drug-likeness (QED) is 0.507. The minimum Gasteiger partial charge on any atom is -0.491 e. The summed E-state index contributed by atoms with van der Waals surface area (Å²) in [6.07, 6.45) is 2.00. The molecule has 3 N–H and O–H groups in total. The first-order valence-corrected chi connectivity index (χ1v) is 11.3. The van der Waals surface area contributed by atoms with Crippen molar-refractivity contribution >= 4 is 21.7 Å². The number of aromatic hydroxyl groups is 2.